The molecule has 1 saturated carbocycles. The van der Waals surface area contributed by atoms with Crippen LogP contribution in [0.15, 0.2) is 6.07 Å². The third-order valence-corrected chi connectivity index (χ3v) is 3.27. The van der Waals surface area contributed by atoms with Gasteiger partial charge in [0.1, 0.15) is 6.07 Å². The van der Waals surface area contributed by atoms with E-state index < -0.39 is 0 Å². The van der Waals surface area contributed by atoms with Crippen LogP contribution >= 0.6 is 0 Å². The Labute approximate surface area is 114 Å². The van der Waals surface area contributed by atoms with Crippen LogP contribution in [0.25, 0.3) is 0 Å². The Hall–Kier alpha value is -1.60. The summed E-state index contributed by atoms with van der Waals surface area (Å²) in [4.78, 5) is 4.30. The van der Waals surface area contributed by atoms with Gasteiger partial charge >= 0.3 is 0 Å². The molecule has 1 fully saturated rings. The van der Waals surface area contributed by atoms with Gasteiger partial charge in [-0.15, -0.1) is 0 Å². The second-order valence-corrected chi connectivity index (χ2v) is 5.18. The number of nitriles is 1. The predicted molar refractivity (Wildman–Crippen MR) is 75.1 cm³/mol. The van der Waals surface area contributed by atoms with Crippen LogP contribution in [0.3, 0.4) is 0 Å². The number of pyridine rings is 1. The molecule has 1 aromatic rings. The zero-order valence-electron chi connectivity index (χ0n) is 11.7. The van der Waals surface area contributed by atoms with Crippen LogP contribution in [-0.4, -0.2) is 24.7 Å². The molecule has 1 N–H and O–H groups in total. The van der Waals surface area contributed by atoms with E-state index in [9.17, 15) is 0 Å². The first kappa shape index (κ1) is 13.8. The molecule has 1 aromatic heterocycles. The Bertz CT molecular complexity index is 475. The number of aromatic nitrogens is 1. The quantitative estimate of drug-likeness (QED) is 0.765. The summed E-state index contributed by atoms with van der Waals surface area (Å²) in [5.41, 5.74) is 3.25. The summed E-state index contributed by atoms with van der Waals surface area (Å²) in [5.74, 6) is 0.823. The normalized spacial score (nSPS) is 14.2. The molecule has 1 aliphatic rings. The smallest absolute Gasteiger partial charge is 0.103 e. The fourth-order valence-electron chi connectivity index (χ4n) is 2.04. The monoisotopic (exact) mass is 259 g/mol. The number of nitrogens with one attached hydrogen (secondary N) is 1. The van der Waals surface area contributed by atoms with E-state index in [1.165, 1.54) is 12.8 Å². The van der Waals surface area contributed by atoms with Crippen LogP contribution in [0.1, 0.15) is 36.2 Å². The lowest BCUT2D eigenvalue weighted by molar-refractivity contribution is 0.124. The summed E-state index contributed by atoms with van der Waals surface area (Å²) in [6.07, 6.45) is 3.62. The van der Waals surface area contributed by atoms with Crippen molar-refractivity contribution >= 4 is 5.69 Å². The predicted octanol–water partition coefficient (Wildman–Crippen LogP) is 2.80. The van der Waals surface area contributed by atoms with Gasteiger partial charge in [-0.3, -0.25) is 4.98 Å². The van der Waals surface area contributed by atoms with Gasteiger partial charge in [0, 0.05) is 25.5 Å². The van der Waals surface area contributed by atoms with Crippen molar-refractivity contribution in [3.05, 3.63) is 23.0 Å². The van der Waals surface area contributed by atoms with E-state index in [4.69, 9.17) is 10.00 Å². The van der Waals surface area contributed by atoms with Crippen molar-refractivity contribution in [1.29, 1.82) is 5.26 Å². The molecule has 0 unspecified atom stereocenters. The largest absolute Gasteiger partial charge is 0.384 e. The zero-order valence-corrected chi connectivity index (χ0v) is 11.7. The number of rotatable bonds is 7. The maximum absolute atomic E-state index is 9.14. The molecular weight excluding hydrogens is 238 g/mol. The maximum Gasteiger partial charge on any atom is 0.103 e. The van der Waals surface area contributed by atoms with E-state index in [-0.39, 0.29) is 0 Å². The summed E-state index contributed by atoms with van der Waals surface area (Å²) in [5, 5.41) is 12.5. The first-order valence-corrected chi connectivity index (χ1v) is 6.90. The number of aryl methyl sites for hydroxylation is 2. The second-order valence-electron chi connectivity index (χ2n) is 5.18. The summed E-state index contributed by atoms with van der Waals surface area (Å²) >= 11 is 0. The number of nitrogens with zero attached hydrogens (tertiary/aromatic N) is 2. The van der Waals surface area contributed by atoms with Crippen LogP contribution in [0, 0.1) is 31.1 Å². The van der Waals surface area contributed by atoms with Crippen LogP contribution in [-0.2, 0) is 4.74 Å². The van der Waals surface area contributed by atoms with Gasteiger partial charge in [0.15, 0.2) is 0 Å². The number of ether oxygens (including phenoxy) is 1. The molecule has 0 amide bonds. The van der Waals surface area contributed by atoms with Gasteiger partial charge < -0.3 is 10.1 Å². The van der Waals surface area contributed by atoms with Gasteiger partial charge in [-0.05, 0) is 45.1 Å². The summed E-state index contributed by atoms with van der Waals surface area (Å²) in [6, 6.07) is 4.14. The molecule has 2 rings (SSSR count). The first-order chi connectivity index (χ1) is 9.20. The van der Waals surface area contributed by atoms with Gasteiger partial charge in [0.25, 0.3) is 0 Å². The Morgan fingerprint density at radius 3 is 2.95 bits per heavy atom. The van der Waals surface area contributed by atoms with E-state index in [1.54, 1.807) is 0 Å². The molecule has 19 heavy (non-hydrogen) atoms. The van der Waals surface area contributed by atoms with Crippen LogP contribution in [0.5, 0.6) is 0 Å². The maximum atomic E-state index is 9.14. The van der Waals surface area contributed by atoms with Crippen molar-refractivity contribution in [2.24, 2.45) is 5.92 Å². The highest BCUT2D eigenvalue weighted by molar-refractivity contribution is 5.59. The fraction of sp³-hybridized carbons (Fsp3) is 0.600. The van der Waals surface area contributed by atoms with Gasteiger partial charge in [0.2, 0.25) is 0 Å². The van der Waals surface area contributed by atoms with Crippen molar-refractivity contribution < 1.29 is 4.74 Å². The van der Waals surface area contributed by atoms with Crippen LogP contribution in [0.4, 0.5) is 5.69 Å². The Morgan fingerprint density at radius 1 is 1.47 bits per heavy atom. The molecule has 0 aliphatic heterocycles. The van der Waals surface area contributed by atoms with Gasteiger partial charge in [-0.25, -0.2) is 0 Å². The van der Waals surface area contributed by atoms with E-state index >= 15 is 0 Å². The molecule has 0 bridgehead atoms. The minimum absolute atomic E-state index is 0.643. The highest BCUT2D eigenvalue weighted by Crippen LogP contribution is 2.28. The third kappa shape index (κ3) is 4.22. The van der Waals surface area contributed by atoms with Crippen molar-refractivity contribution in [3.63, 3.8) is 0 Å². The van der Waals surface area contributed by atoms with E-state index in [0.29, 0.717) is 5.56 Å². The highest BCUT2D eigenvalue weighted by Gasteiger charge is 2.20. The molecule has 1 aliphatic carbocycles. The molecule has 0 aromatic carbocycles. The van der Waals surface area contributed by atoms with Crippen molar-refractivity contribution in [3.8, 4) is 6.07 Å². The summed E-state index contributed by atoms with van der Waals surface area (Å²) in [7, 11) is 0. The summed E-state index contributed by atoms with van der Waals surface area (Å²) < 4.78 is 5.58. The molecule has 0 spiro atoms. The molecule has 0 radical (unpaired) electrons. The lowest BCUT2D eigenvalue weighted by Gasteiger charge is -2.11. The number of anilines is 1. The lowest BCUT2D eigenvalue weighted by Crippen LogP contribution is -2.09. The SMILES string of the molecule is Cc1cc(NCCCOCC2CC2)c(C#N)c(C)n1. The highest BCUT2D eigenvalue weighted by atomic mass is 16.5. The lowest BCUT2D eigenvalue weighted by atomic mass is 10.1. The molecule has 4 nitrogen and oxygen atoms in total. The van der Waals surface area contributed by atoms with Gasteiger partial charge in [-0.2, -0.15) is 5.26 Å². The molecule has 102 valence electrons. The second kappa shape index (κ2) is 6.53. The molecule has 4 heteroatoms. The molecule has 0 atom stereocenters. The Balaban J connectivity index is 1.76. The number of hydrogen-bond donors (Lipinski definition) is 1. The van der Waals surface area contributed by atoms with E-state index in [1.807, 2.05) is 19.9 Å². The minimum Gasteiger partial charge on any atom is -0.384 e. The average Bonchev–Trinajstić information content (AvgIpc) is 3.17. The average molecular weight is 259 g/mol. The topological polar surface area (TPSA) is 57.9 Å². The van der Waals surface area contributed by atoms with Crippen molar-refractivity contribution in [2.45, 2.75) is 33.1 Å². The van der Waals surface area contributed by atoms with E-state index in [2.05, 4.69) is 16.4 Å². The molecule has 0 saturated heterocycles. The van der Waals surface area contributed by atoms with Crippen LogP contribution in [0.2, 0.25) is 0 Å². The first-order valence-electron chi connectivity index (χ1n) is 6.90. The third-order valence-electron chi connectivity index (χ3n) is 3.27. The Kier molecular flexibility index (Phi) is 4.75. The fourth-order valence-corrected chi connectivity index (χ4v) is 2.04. The minimum atomic E-state index is 0.643. The molecular formula is C15H21N3O. The van der Waals surface area contributed by atoms with E-state index in [0.717, 1.165) is 49.2 Å². The van der Waals surface area contributed by atoms with Crippen LogP contribution < -0.4 is 5.32 Å². The van der Waals surface area contributed by atoms with Gasteiger partial charge in [-0.1, -0.05) is 0 Å². The number of hydrogen-bond acceptors (Lipinski definition) is 4. The summed E-state index contributed by atoms with van der Waals surface area (Å²) in [6.45, 7) is 6.33. The Morgan fingerprint density at radius 2 is 2.26 bits per heavy atom. The van der Waals surface area contributed by atoms with Crippen molar-refractivity contribution in [1.82, 2.24) is 4.98 Å². The molecule has 1 heterocycles. The standard InChI is InChI=1S/C15H21N3O/c1-11-8-15(14(9-16)12(2)18-11)17-6-3-7-19-10-13-4-5-13/h8,13H,3-7,10H2,1-2H3,(H,17,18). The van der Waals surface area contributed by atoms with Crippen molar-refractivity contribution in [2.75, 3.05) is 25.1 Å². The van der Waals surface area contributed by atoms with Gasteiger partial charge in [0.05, 0.1) is 16.9 Å². The zero-order chi connectivity index (χ0) is 13.7.